The quantitative estimate of drug-likeness (QED) is 0.666. The van der Waals surface area contributed by atoms with E-state index in [1.807, 2.05) is 6.20 Å². The van der Waals surface area contributed by atoms with E-state index in [9.17, 15) is 0 Å². The van der Waals surface area contributed by atoms with Crippen LogP contribution in [0.15, 0.2) is 23.3 Å². The Balaban J connectivity index is 1.85. The third-order valence-electron chi connectivity index (χ3n) is 5.31. The Labute approximate surface area is 146 Å². The summed E-state index contributed by atoms with van der Waals surface area (Å²) in [6.07, 6.45) is 15.6. The summed E-state index contributed by atoms with van der Waals surface area (Å²) in [5.41, 5.74) is 6.47. The normalized spacial score (nSPS) is 17.2. The Bertz CT molecular complexity index is 641. The minimum Gasteiger partial charge on any atom is -0.360 e. The number of nitrogens with one attached hydrogen (secondary N) is 2. The minimum atomic E-state index is 0.511. The Morgan fingerprint density at radius 3 is 2.38 bits per heavy atom. The van der Waals surface area contributed by atoms with Gasteiger partial charge in [0.25, 0.3) is 0 Å². The summed E-state index contributed by atoms with van der Waals surface area (Å²) in [5, 5.41) is 0. The van der Waals surface area contributed by atoms with E-state index in [0.29, 0.717) is 6.04 Å². The van der Waals surface area contributed by atoms with Crippen molar-refractivity contribution in [1.29, 1.82) is 0 Å². The van der Waals surface area contributed by atoms with Gasteiger partial charge in [0.05, 0.1) is 23.1 Å². The van der Waals surface area contributed by atoms with Gasteiger partial charge in [-0.1, -0.05) is 46.0 Å². The lowest BCUT2D eigenvalue weighted by molar-refractivity contribution is 0.456. The van der Waals surface area contributed by atoms with Gasteiger partial charge < -0.3 is 9.97 Å². The molecule has 1 fully saturated rings. The number of aliphatic imine (C=N–C) groups is 1. The number of nitrogens with zero attached hydrogens (tertiary/aromatic N) is 1. The van der Waals surface area contributed by atoms with Crippen LogP contribution in [0.2, 0.25) is 0 Å². The summed E-state index contributed by atoms with van der Waals surface area (Å²) in [4.78, 5) is 11.9. The molecule has 0 aliphatic heterocycles. The van der Waals surface area contributed by atoms with Crippen molar-refractivity contribution in [3.05, 3.63) is 35.2 Å². The van der Waals surface area contributed by atoms with E-state index < -0.39 is 0 Å². The average Bonchev–Trinajstić information content (AvgIpc) is 3.20. The van der Waals surface area contributed by atoms with Crippen LogP contribution >= 0.6 is 0 Å². The van der Waals surface area contributed by atoms with E-state index >= 15 is 0 Å². The third-order valence-corrected chi connectivity index (χ3v) is 5.31. The van der Waals surface area contributed by atoms with Crippen molar-refractivity contribution < 1.29 is 0 Å². The second-order valence-electron chi connectivity index (χ2n) is 6.94. The number of rotatable bonds is 5. The van der Waals surface area contributed by atoms with Gasteiger partial charge >= 0.3 is 0 Å². The predicted octanol–water partition coefficient (Wildman–Crippen LogP) is 5.67. The molecule has 0 radical (unpaired) electrons. The Kier molecular flexibility index (Phi) is 5.95. The largest absolute Gasteiger partial charge is 0.360 e. The monoisotopic (exact) mass is 325 g/mol. The van der Waals surface area contributed by atoms with E-state index in [1.165, 1.54) is 73.2 Å². The van der Waals surface area contributed by atoms with E-state index in [4.69, 9.17) is 4.99 Å². The molecule has 0 bridgehead atoms. The molecule has 2 heterocycles. The van der Waals surface area contributed by atoms with Crippen molar-refractivity contribution in [2.24, 2.45) is 4.99 Å². The highest BCUT2D eigenvalue weighted by Gasteiger charge is 2.16. The highest BCUT2D eigenvalue weighted by Crippen LogP contribution is 2.28. The number of hydrogen-bond donors (Lipinski definition) is 2. The van der Waals surface area contributed by atoms with Crippen molar-refractivity contribution in [2.75, 3.05) is 0 Å². The maximum Gasteiger partial charge on any atom is 0.0659 e. The fourth-order valence-electron chi connectivity index (χ4n) is 3.98. The maximum atomic E-state index is 4.97. The molecule has 1 saturated carbocycles. The van der Waals surface area contributed by atoms with Crippen molar-refractivity contribution in [3.63, 3.8) is 0 Å². The molecular formula is C21H31N3. The molecule has 0 aromatic carbocycles. The van der Waals surface area contributed by atoms with Crippen LogP contribution in [0.25, 0.3) is 11.4 Å². The van der Waals surface area contributed by atoms with E-state index in [1.54, 1.807) is 0 Å². The fraction of sp³-hybridized carbons (Fsp3) is 0.571. The molecular weight excluding hydrogens is 294 g/mol. The van der Waals surface area contributed by atoms with Gasteiger partial charge in [-0.3, -0.25) is 4.99 Å². The number of hydrogen-bond acceptors (Lipinski definition) is 1. The first-order chi connectivity index (χ1) is 11.8. The highest BCUT2D eigenvalue weighted by atomic mass is 14.8. The van der Waals surface area contributed by atoms with E-state index in [-0.39, 0.29) is 0 Å². The van der Waals surface area contributed by atoms with Gasteiger partial charge in [-0.15, -0.1) is 0 Å². The lowest BCUT2D eigenvalue weighted by Gasteiger charge is -2.15. The summed E-state index contributed by atoms with van der Waals surface area (Å²) in [7, 11) is 0. The van der Waals surface area contributed by atoms with Gasteiger partial charge in [-0.05, 0) is 48.9 Å². The molecule has 0 atom stereocenters. The molecule has 0 unspecified atom stereocenters. The van der Waals surface area contributed by atoms with Gasteiger partial charge in [0.15, 0.2) is 0 Å². The van der Waals surface area contributed by atoms with Gasteiger partial charge in [0.2, 0.25) is 0 Å². The summed E-state index contributed by atoms with van der Waals surface area (Å²) >= 11 is 0. The van der Waals surface area contributed by atoms with Crippen LogP contribution in [0, 0.1) is 0 Å². The van der Waals surface area contributed by atoms with Gasteiger partial charge in [-0.2, -0.15) is 0 Å². The number of aromatic nitrogens is 2. The zero-order valence-electron chi connectivity index (χ0n) is 15.2. The lowest BCUT2D eigenvalue weighted by Crippen LogP contribution is -2.07. The Morgan fingerprint density at radius 2 is 1.75 bits per heavy atom. The average molecular weight is 326 g/mol. The lowest BCUT2D eigenvalue weighted by atomic mass is 9.97. The zero-order valence-corrected chi connectivity index (χ0v) is 15.2. The molecule has 1 aliphatic rings. The minimum absolute atomic E-state index is 0.511. The molecule has 3 nitrogen and oxygen atoms in total. The summed E-state index contributed by atoms with van der Waals surface area (Å²) in [6, 6.07) is 4.71. The predicted molar refractivity (Wildman–Crippen MR) is 103 cm³/mol. The molecule has 2 aromatic rings. The molecule has 24 heavy (non-hydrogen) atoms. The van der Waals surface area contributed by atoms with Crippen LogP contribution in [-0.4, -0.2) is 22.2 Å². The molecule has 2 N–H and O–H groups in total. The second kappa shape index (κ2) is 8.36. The molecule has 130 valence electrons. The Hall–Kier alpha value is -1.77. The molecule has 0 saturated heterocycles. The first kappa shape index (κ1) is 17.1. The van der Waals surface area contributed by atoms with E-state index in [0.717, 1.165) is 12.8 Å². The SMILES string of the molecule is CCc1c(C=NC2CCCCCCC2)[nH]c(-c2ccc[nH]2)c1CC. The van der Waals surface area contributed by atoms with Crippen LogP contribution in [0.3, 0.4) is 0 Å². The van der Waals surface area contributed by atoms with Crippen molar-refractivity contribution in [2.45, 2.75) is 77.7 Å². The van der Waals surface area contributed by atoms with E-state index in [2.05, 4.69) is 42.2 Å². The first-order valence-electron chi connectivity index (χ1n) is 9.74. The standard InChI is InChI=1S/C21H31N3/c1-3-17-18(4-2)21(19-13-10-14-22-19)24-20(17)15-23-16-11-8-6-5-7-9-12-16/h10,13-16,22,24H,3-9,11-12H2,1-2H3. The molecule has 2 aromatic heterocycles. The summed E-state index contributed by atoms with van der Waals surface area (Å²) < 4.78 is 0. The van der Waals surface area contributed by atoms with Gasteiger partial charge in [-0.25, -0.2) is 0 Å². The summed E-state index contributed by atoms with van der Waals surface area (Å²) in [6.45, 7) is 4.48. The molecule has 0 spiro atoms. The molecule has 3 heteroatoms. The fourth-order valence-corrected chi connectivity index (χ4v) is 3.98. The second-order valence-corrected chi connectivity index (χ2v) is 6.94. The van der Waals surface area contributed by atoms with Crippen LogP contribution in [0.1, 0.15) is 75.6 Å². The van der Waals surface area contributed by atoms with Crippen molar-refractivity contribution >= 4 is 6.21 Å². The van der Waals surface area contributed by atoms with Crippen LogP contribution in [0.4, 0.5) is 0 Å². The van der Waals surface area contributed by atoms with Gasteiger partial charge in [0.1, 0.15) is 0 Å². The smallest absolute Gasteiger partial charge is 0.0659 e. The van der Waals surface area contributed by atoms with Crippen molar-refractivity contribution in [3.8, 4) is 11.4 Å². The van der Waals surface area contributed by atoms with Gasteiger partial charge in [0, 0.05) is 12.4 Å². The molecule has 3 rings (SSSR count). The molecule has 1 aliphatic carbocycles. The highest BCUT2D eigenvalue weighted by molar-refractivity contribution is 5.83. The number of aromatic amines is 2. The van der Waals surface area contributed by atoms with Crippen LogP contribution in [0.5, 0.6) is 0 Å². The maximum absolute atomic E-state index is 4.97. The first-order valence-corrected chi connectivity index (χ1v) is 9.74. The van der Waals surface area contributed by atoms with Crippen LogP contribution < -0.4 is 0 Å². The summed E-state index contributed by atoms with van der Waals surface area (Å²) in [5.74, 6) is 0. The molecule has 0 amide bonds. The number of H-pyrrole nitrogens is 2. The van der Waals surface area contributed by atoms with Crippen LogP contribution in [-0.2, 0) is 12.8 Å². The van der Waals surface area contributed by atoms with Crippen molar-refractivity contribution in [1.82, 2.24) is 9.97 Å². The third kappa shape index (κ3) is 3.82. The Morgan fingerprint density at radius 1 is 1.04 bits per heavy atom. The topological polar surface area (TPSA) is 43.9 Å². The zero-order chi connectivity index (χ0) is 16.8.